The number of amides is 1. The summed E-state index contributed by atoms with van der Waals surface area (Å²) in [5.41, 5.74) is 2.04. The van der Waals surface area contributed by atoms with Gasteiger partial charge in [0.2, 0.25) is 10.0 Å². The Hall–Kier alpha value is -2.81. The maximum Gasteiger partial charge on any atom is 0.260 e. The summed E-state index contributed by atoms with van der Waals surface area (Å²) in [5.74, 6) is -0.322. The third-order valence-electron chi connectivity index (χ3n) is 5.42. The van der Waals surface area contributed by atoms with Gasteiger partial charge in [-0.1, -0.05) is 55.3 Å². The van der Waals surface area contributed by atoms with Gasteiger partial charge < -0.3 is 0 Å². The Kier molecular flexibility index (Phi) is 6.83. The highest BCUT2D eigenvalue weighted by Crippen LogP contribution is 2.29. The first-order valence-corrected chi connectivity index (χ1v) is 12.9. The second kappa shape index (κ2) is 9.77. The van der Waals surface area contributed by atoms with Crippen molar-refractivity contribution in [2.75, 3.05) is 11.4 Å². The molecule has 1 amide bonds. The molecule has 2 aromatic carbocycles. The van der Waals surface area contributed by atoms with Gasteiger partial charge in [-0.05, 0) is 31.0 Å². The molecular formula is C24H25N3O3S2. The van der Waals surface area contributed by atoms with Gasteiger partial charge in [0.15, 0.2) is 5.13 Å². The van der Waals surface area contributed by atoms with Crippen molar-refractivity contribution in [2.45, 2.75) is 36.6 Å². The number of sulfonamides is 1. The maximum atomic E-state index is 13.3. The Balaban J connectivity index is 1.59. The molecule has 1 fully saturated rings. The number of aromatic nitrogens is 1. The van der Waals surface area contributed by atoms with Crippen molar-refractivity contribution in [3.05, 3.63) is 78.2 Å². The van der Waals surface area contributed by atoms with Gasteiger partial charge in [-0.25, -0.2) is 18.1 Å². The number of hydrogen-bond acceptors (Lipinski definition) is 5. The Morgan fingerprint density at radius 2 is 1.91 bits per heavy atom. The molecule has 0 spiro atoms. The van der Waals surface area contributed by atoms with E-state index in [0.717, 1.165) is 36.9 Å². The molecular weight excluding hydrogens is 442 g/mol. The van der Waals surface area contributed by atoms with Crippen molar-refractivity contribution in [1.29, 1.82) is 0 Å². The van der Waals surface area contributed by atoms with Crippen LogP contribution in [0.5, 0.6) is 0 Å². The summed E-state index contributed by atoms with van der Waals surface area (Å²) in [6.45, 7) is 4.02. The molecule has 1 saturated carbocycles. The molecule has 0 unspecified atom stereocenters. The number of hydrogen-bond donors (Lipinski definition) is 1. The van der Waals surface area contributed by atoms with Crippen molar-refractivity contribution in [2.24, 2.45) is 0 Å². The van der Waals surface area contributed by atoms with E-state index in [1.54, 1.807) is 18.2 Å². The molecule has 0 atom stereocenters. The first kappa shape index (κ1) is 22.4. The number of rotatable bonds is 8. The van der Waals surface area contributed by atoms with Crippen LogP contribution in [0.1, 0.15) is 36.0 Å². The molecule has 0 bridgehead atoms. The van der Waals surface area contributed by atoms with Gasteiger partial charge in [0, 0.05) is 29.1 Å². The van der Waals surface area contributed by atoms with Crippen LogP contribution in [0, 0.1) is 0 Å². The van der Waals surface area contributed by atoms with Crippen LogP contribution in [0.25, 0.3) is 11.3 Å². The van der Waals surface area contributed by atoms with E-state index in [1.807, 2.05) is 35.7 Å². The van der Waals surface area contributed by atoms with E-state index in [4.69, 9.17) is 0 Å². The van der Waals surface area contributed by atoms with Gasteiger partial charge in [-0.3, -0.25) is 9.69 Å². The fraction of sp³-hybridized carbons (Fsp3) is 0.250. The number of anilines is 1. The number of nitrogens with one attached hydrogen (secondary N) is 1. The molecule has 166 valence electrons. The summed E-state index contributed by atoms with van der Waals surface area (Å²) >= 11 is 1.36. The normalized spacial score (nSPS) is 14.4. The quantitative estimate of drug-likeness (QED) is 0.480. The first-order chi connectivity index (χ1) is 15.5. The molecule has 1 heterocycles. The highest BCUT2D eigenvalue weighted by molar-refractivity contribution is 7.89. The Morgan fingerprint density at radius 3 is 2.62 bits per heavy atom. The van der Waals surface area contributed by atoms with Crippen LogP contribution >= 0.6 is 11.3 Å². The lowest BCUT2D eigenvalue weighted by Crippen LogP contribution is -2.33. The van der Waals surface area contributed by atoms with E-state index < -0.39 is 10.0 Å². The molecule has 4 rings (SSSR count). The molecule has 1 N–H and O–H groups in total. The minimum absolute atomic E-state index is 0.0386. The highest BCUT2D eigenvalue weighted by atomic mass is 32.2. The smallest absolute Gasteiger partial charge is 0.260 e. The Bertz CT molecular complexity index is 1200. The monoisotopic (exact) mass is 467 g/mol. The minimum Gasteiger partial charge on any atom is -0.280 e. The predicted octanol–water partition coefficient (Wildman–Crippen LogP) is 4.86. The number of carbonyl (C=O) groups is 1. The fourth-order valence-electron chi connectivity index (χ4n) is 3.79. The molecule has 6 nitrogen and oxygen atoms in total. The van der Waals surface area contributed by atoms with E-state index in [1.165, 1.54) is 28.4 Å². The fourth-order valence-corrected chi connectivity index (χ4v) is 5.98. The summed E-state index contributed by atoms with van der Waals surface area (Å²) < 4.78 is 28.4. The van der Waals surface area contributed by atoms with Gasteiger partial charge in [0.1, 0.15) is 0 Å². The molecule has 0 saturated heterocycles. The van der Waals surface area contributed by atoms with Gasteiger partial charge in [0.05, 0.1) is 10.6 Å². The molecule has 1 aliphatic rings. The zero-order valence-corrected chi connectivity index (χ0v) is 19.2. The lowest BCUT2D eigenvalue weighted by Gasteiger charge is -2.19. The average molecular weight is 468 g/mol. The third kappa shape index (κ3) is 4.98. The van der Waals surface area contributed by atoms with E-state index in [2.05, 4.69) is 16.3 Å². The standard InChI is InChI=1S/C24H25N3O3S2/c1-2-15-27(24-25-22(17-31-24)18-9-4-3-5-10-18)23(28)19-11-8-14-21(16-19)32(29,30)26-20-12-6-7-13-20/h2-5,8-11,14,16-17,20,26H,1,6-7,12-13,15H2. The molecule has 8 heteroatoms. The SMILES string of the molecule is C=CCN(C(=O)c1cccc(S(=O)(=O)NC2CCCC2)c1)c1nc(-c2ccccc2)cs1. The predicted molar refractivity (Wildman–Crippen MR) is 128 cm³/mol. The first-order valence-electron chi connectivity index (χ1n) is 10.5. The maximum absolute atomic E-state index is 13.3. The highest BCUT2D eigenvalue weighted by Gasteiger charge is 2.25. The van der Waals surface area contributed by atoms with E-state index >= 15 is 0 Å². The average Bonchev–Trinajstić information content (AvgIpc) is 3.50. The summed E-state index contributed by atoms with van der Waals surface area (Å²) in [5, 5.41) is 2.44. The van der Waals surface area contributed by atoms with Gasteiger partial charge in [-0.2, -0.15) is 0 Å². The van der Waals surface area contributed by atoms with Crippen molar-refractivity contribution in [3.63, 3.8) is 0 Å². The van der Waals surface area contributed by atoms with Crippen molar-refractivity contribution in [3.8, 4) is 11.3 Å². The van der Waals surface area contributed by atoms with Crippen molar-refractivity contribution < 1.29 is 13.2 Å². The van der Waals surface area contributed by atoms with E-state index in [9.17, 15) is 13.2 Å². The van der Waals surface area contributed by atoms with Crippen LogP contribution in [0.15, 0.2) is 77.5 Å². The Labute approximate surface area is 192 Å². The largest absolute Gasteiger partial charge is 0.280 e. The van der Waals surface area contributed by atoms with Crippen molar-refractivity contribution in [1.82, 2.24) is 9.71 Å². The van der Waals surface area contributed by atoms with Crippen LogP contribution in [0.2, 0.25) is 0 Å². The van der Waals surface area contributed by atoms with Crippen molar-refractivity contribution >= 4 is 32.4 Å². The molecule has 1 aromatic heterocycles. The van der Waals surface area contributed by atoms with Crippen LogP contribution in [0.4, 0.5) is 5.13 Å². The molecule has 32 heavy (non-hydrogen) atoms. The molecule has 0 radical (unpaired) electrons. The zero-order chi connectivity index (χ0) is 22.6. The lowest BCUT2D eigenvalue weighted by molar-refractivity contribution is 0.0989. The number of benzene rings is 2. The molecule has 0 aliphatic heterocycles. The van der Waals surface area contributed by atoms with Gasteiger partial charge in [0.25, 0.3) is 5.91 Å². The van der Waals surface area contributed by atoms with Gasteiger partial charge >= 0.3 is 0 Å². The molecule has 3 aromatic rings. The summed E-state index contributed by atoms with van der Waals surface area (Å²) in [4.78, 5) is 19.6. The van der Waals surface area contributed by atoms with E-state index in [0.29, 0.717) is 5.13 Å². The summed E-state index contributed by atoms with van der Waals surface area (Å²) in [6.07, 6.45) is 5.38. The lowest BCUT2D eigenvalue weighted by atomic mass is 10.2. The summed E-state index contributed by atoms with van der Waals surface area (Å²) in [6, 6.07) is 15.9. The topological polar surface area (TPSA) is 79.4 Å². The van der Waals surface area contributed by atoms with Crippen LogP contribution < -0.4 is 9.62 Å². The summed E-state index contributed by atoms with van der Waals surface area (Å²) in [7, 11) is -3.69. The number of nitrogens with zero attached hydrogens (tertiary/aromatic N) is 2. The minimum atomic E-state index is -3.69. The van der Waals surface area contributed by atoms with Gasteiger partial charge in [-0.15, -0.1) is 17.9 Å². The molecule has 1 aliphatic carbocycles. The second-order valence-corrected chi connectivity index (χ2v) is 10.3. The number of thiazole rings is 1. The zero-order valence-electron chi connectivity index (χ0n) is 17.6. The van der Waals surface area contributed by atoms with Crippen LogP contribution in [-0.4, -0.2) is 31.9 Å². The van der Waals surface area contributed by atoms with E-state index in [-0.39, 0.29) is 29.0 Å². The second-order valence-electron chi connectivity index (χ2n) is 7.72. The third-order valence-corrected chi connectivity index (χ3v) is 7.80. The van der Waals surface area contributed by atoms with Crippen LogP contribution in [-0.2, 0) is 10.0 Å². The number of carbonyl (C=O) groups excluding carboxylic acids is 1. The Morgan fingerprint density at radius 1 is 1.16 bits per heavy atom. The van der Waals surface area contributed by atoms with Crippen LogP contribution in [0.3, 0.4) is 0 Å².